The molecule has 0 aromatic heterocycles. The van der Waals surface area contributed by atoms with Crippen molar-refractivity contribution in [2.45, 2.75) is 70.0 Å². The molecule has 0 aromatic carbocycles. The fourth-order valence-electron chi connectivity index (χ4n) is 2.98. The van der Waals surface area contributed by atoms with Gasteiger partial charge in [0.05, 0.1) is 5.54 Å². The number of hydrogen-bond acceptors (Lipinski definition) is 2. The fraction of sp³-hybridized carbons (Fsp3) is 0.917. The Bertz CT molecular complexity index is 248. The topological polar surface area (TPSA) is 41.1 Å². The minimum absolute atomic E-state index is 0.218. The van der Waals surface area contributed by atoms with Crippen LogP contribution in [-0.2, 0) is 4.79 Å². The quantitative estimate of drug-likeness (QED) is 0.726. The predicted octanol–water partition coefficient (Wildman–Crippen LogP) is 1.58. The first-order valence-corrected chi connectivity index (χ1v) is 6.30. The molecule has 1 amide bonds. The van der Waals surface area contributed by atoms with Crippen LogP contribution in [0.2, 0.25) is 0 Å². The molecule has 1 heterocycles. The summed E-state index contributed by atoms with van der Waals surface area (Å²) in [6, 6.07) is 0.897. The standard InChI is InChI=1S/C12H22N2O/c1-3-12(4-2)11(15)13-9-7-5-6-8-10(9)14-12/h9-10,14H,3-8H2,1-2H3,(H,13,15)/t9-,10-/m1/s1. The second kappa shape index (κ2) is 4.12. The Balaban J connectivity index is 2.13. The van der Waals surface area contributed by atoms with Crippen molar-refractivity contribution in [3.63, 3.8) is 0 Å². The predicted molar refractivity (Wildman–Crippen MR) is 60.6 cm³/mol. The maximum atomic E-state index is 12.1. The van der Waals surface area contributed by atoms with E-state index in [-0.39, 0.29) is 11.4 Å². The molecular weight excluding hydrogens is 188 g/mol. The average Bonchev–Trinajstić information content (AvgIpc) is 2.28. The zero-order chi connectivity index (χ0) is 10.9. The van der Waals surface area contributed by atoms with Gasteiger partial charge < -0.3 is 5.32 Å². The molecule has 15 heavy (non-hydrogen) atoms. The highest BCUT2D eigenvalue weighted by molar-refractivity contribution is 5.87. The van der Waals surface area contributed by atoms with Gasteiger partial charge in [0.1, 0.15) is 0 Å². The zero-order valence-corrected chi connectivity index (χ0v) is 9.81. The lowest BCUT2D eigenvalue weighted by Gasteiger charge is -2.46. The van der Waals surface area contributed by atoms with Gasteiger partial charge in [-0.3, -0.25) is 10.1 Å². The molecule has 2 N–H and O–H groups in total. The van der Waals surface area contributed by atoms with Crippen molar-refractivity contribution in [2.24, 2.45) is 0 Å². The largest absolute Gasteiger partial charge is 0.350 e. The molecule has 0 spiro atoms. The third-order valence-corrected chi connectivity index (χ3v) is 4.19. The van der Waals surface area contributed by atoms with E-state index in [1.807, 2.05) is 0 Å². The highest BCUT2D eigenvalue weighted by Crippen LogP contribution is 2.28. The van der Waals surface area contributed by atoms with Gasteiger partial charge in [-0.1, -0.05) is 26.7 Å². The molecule has 86 valence electrons. The number of carbonyl (C=O) groups excluding carboxylic acids is 1. The molecule has 1 saturated heterocycles. The first kappa shape index (κ1) is 10.9. The lowest BCUT2D eigenvalue weighted by atomic mass is 9.81. The van der Waals surface area contributed by atoms with Crippen molar-refractivity contribution >= 4 is 5.91 Å². The number of amides is 1. The van der Waals surface area contributed by atoms with E-state index in [2.05, 4.69) is 24.5 Å². The van der Waals surface area contributed by atoms with E-state index in [1.165, 1.54) is 19.3 Å². The molecule has 1 aliphatic carbocycles. The van der Waals surface area contributed by atoms with E-state index in [4.69, 9.17) is 0 Å². The molecule has 2 fully saturated rings. The summed E-state index contributed by atoms with van der Waals surface area (Å²) in [6.07, 6.45) is 6.69. The molecule has 2 atom stereocenters. The molecule has 0 radical (unpaired) electrons. The molecule has 0 aromatic rings. The highest BCUT2D eigenvalue weighted by Gasteiger charge is 2.44. The molecule has 3 heteroatoms. The fourth-order valence-corrected chi connectivity index (χ4v) is 2.98. The summed E-state index contributed by atoms with van der Waals surface area (Å²) in [4.78, 5) is 12.1. The van der Waals surface area contributed by atoms with Crippen LogP contribution in [0.15, 0.2) is 0 Å². The minimum Gasteiger partial charge on any atom is -0.350 e. The van der Waals surface area contributed by atoms with Crippen LogP contribution in [0.4, 0.5) is 0 Å². The molecule has 2 rings (SSSR count). The van der Waals surface area contributed by atoms with Crippen LogP contribution in [0, 0.1) is 0 Å². The lowest BCUT2D eigenvalue weighted by Crippen LogP contribution is -2.71. The number of nitrogens with one attached hydrogen (secondary N) is 2. The number of piperazine rings is 1. The smallest absolute Gasteiger partial charge is 0.240 e. The summed E-state index contributed by atoms with van der Waals surface area (Å²) in [7, 11) is 0. The van der Waals surface area contributed by atoms with Crippen LogP contribution >= 0.6 is 0 Å². The second-order valence-electron chi connectivity index (χ2n) is 4.90. The van der Waals surface area contributed by atoms with E-state index in [0.717, 1.165) is 19.3 Å². The Kier molecular flexibility index (Phi) is 3.01. The highest BCUT2D eigenvalue weighted by atomic mass is 16.2. The molecule has 1 aliphatic heterocycles. The van der Waals surface area contributed by atoms with Gasteiger partial charge in [0, 0.05) is 12.1 Å². The van der Waals surface area contributed by atoms with Gasteiger partial charge in [0.15, 0.2) is 0 Å². The van der Waals surface area contributed by atoms with Crippen molar-refractivity contribution in [1.29, 1.82) is 0 Å². The van der Waals surface area contributed by atoms with Gasteiger partial charge in [-0.15, -0.1) is 0 Å². The maximum Gasteiger partial charge on any atom is 0.240 e. The van der Waals surface area contributed by atoms with Crippen LogP contribution in [0.3, 0.4) is 0 Å². The Labute approximate surface area is 92.0 Å². The van der Waals surface area contributed by atoms with Crippen molar-refractivity contribution < 1.29 is 4.79 Å². The Morgan fingerprint density at radius 1 is 1.20 bits per heavy atom. The van der Waals surface area contributed by atoms with E-state index in [1.54, 1.807) is 0 Å². The van der Waals surface area contributed by atoms with Crippen molar-refractivity contribution in [1.82, 2.24) is 10.6 Å². The number of fused-ring (bicyclic) bond motifs is 1. The number of carbonyl (C=O) groups is 1. The molecule has 0 bridgehead atoms. The number of rotatable bonds is 2. The summed E-state index contributed by atoms with van der Waals surface area (Å²) in [5.74, 6) is 0.218. The Hall–Kier alpha value is -0.570. The third-order valence-electron chi connectivity index (χ3n) is 4.19. The van der Waals surface area contributed by atoms with Gasteiger partial charge in [0.2, 0.25) is 5.91 Å². The summed E-state index contributed by atoms with van der Waals surface area (Å²) >= 11 is 0. The van der Waals surface area contributed by atoms with Crippen LogP contribution in [0.25, 0.3) is 0 Å². The van der Waals surface area contributed by atoms with E-state index < -0.39 is 0 Å². The van der Waals surface area contributed by atoms with Gasteiger partial charge >= 0.3 is 0 Å². The van der Waals surface area contributed by atoms with E-state index >= 15 is 0 Å². The minimum atomic E-state index is -0.293. The van der Waals surface area contributed by atoms with Crippen molar-refractivity contribution in [3.05, 3.63) is 0 Å². The second-order valence-corrected chi connectivity index (χ2v) is 4.90. The first-order chi connectivity index (χ1) is 7.22. The molecule has 1 saturated carbocycles. The summed E-state index contributed by atoms with van der Waals surface area (Å²) in [5.41, 5.74) is -0.293. The Morgan fingerprint density at radius 2 is 1.80 bits per heavy atom. The van der Waals surface area contributed by atoms with Crippen LogP contribution in [0.1, 0.15) is 52.4 Å². The van der Waals surface area contributed by atoms with E-state index in [0.29, 0.717) is 12.1 Å². The first-order valence-electron chi connectivity index (χ1n) is 6.30. The summed E-state index contributed by atoms with van der Waals surface area (Å²) in [5, 5.41) is 6.82. The molecule has 2 aliphatic rings. The summed E-state index contributed by atoms with van der Waals surface area (Å²) in [6.45, 7) is 4.19. The Morgan fingerprint density at radius 3 is 2.40 bits per heavy atom. The van der Waals surface area contributed by atoms with Crippen LogP contribution in [-0.4, -0.2) is 23.5 Å². The van der Waals surface area contributed by atoms with Gasteiger partial charge in [-0.05, 0) is 25.7 Å². The monoisotopic (exact) mass is 210 g/mol. The van der Waals surface area contributed by atoms with Crippen LogP contribution in [0.5, 0.6) is 0 Å². The van der Waals surface area contributed by atoms with Crippen molar-refractivity contribution in [2.75, 3.05) is 0 Å². The van der Waals surface area contributed by atoms with Crippen molar-refractivity contribution in [3.8, 4) is 0 Å². The molecule has 3 nitrogen and oxygen atoms in total. The molecular formula is C12H22N2O. The zero-order valence-electron chi connectivity index (χ0n) is 9.81. The normalized spacial score (nSPS) is 34.4. The lowest BCUT2D eigenvalue weighted by molar-refractivity contribution is -0.133. The maximum absolute atomic E-state index is 12.1. The average molecular weight is 210 g/mol. The van der Waals surface area contributed by atoms with Gasteiger partial charge in [-0.2, -0.15) is 0 Å². The van der Waals surface area contributed by atoms with Gasteiger partial charge in [-0.25, -0.2) is 0 Å². The third kappa shape index (κ3) is 1.78. The van der Waals surface area contributed by atoms with E-state index in [9.17, 15) is 4.79 Å². The SMILES string of the molecule is CCC1(CC)N[C@@H]2CCCC[C@H]2NC1=O. The molecule has 0 unspecified atom stereocenters. The van der Waals surface area contributed by atoms with Crippen LogP contribution < -0.4 is 10.6 Å². The van der Waals surface area contributed by atoms with Gasteiger partial charge in [0.25, 0.3) is 0 Å². The summed E-state index contributed by atoms with van der Waals surface area (Å²) < 4.78 is 0. The number of hydrogen-bond donors (Lipinski definition) is 2.